The van der Waals surface area contributed by atoms with Crippen molar-refractivity contribution in [1.82, 2.24) is 0 Å². The van der Waals surface area contributed by atoms with E-state index in [1.165, 1.54) is 6.04 Å². The van der Waals surface area contributed by atoms with Crippen LogP contribution in [0.1, 0.15) is 20.3 Å². The van der Waals surface area contributed by atoms with Crippen LogP contribution in [-0.4, -0.2) is 35.5 Å². The lowest BCUT2D eigenvalue weighted by atomic mass is 9.75. The number of methoxy groups -OCH3 is 2. The summed E-state index contributed by atoms with van der Waals surface area (Å²) in [6.07, 6.45) is 5.72. The number of rotatable bonds is 9. The standard InChI is InChI=1S/C15H32O2Si/c1-14(2)15(12-16-3,13-17-4)10-8-9-11-18(5,6)7/h8-9,14H,10-13H2,1-7H3. The van der Waals surface area contributed by atoms with Crippen molar-refractivity contribution >= 4 is 8.07 Å². The third kappa shape index (κ3) is 6.71. The maximum Gasteiger partial charge on any atom is 0.0546 e. The summed E-state index contributed by atoms with van der Waals surface area (Å²) in [6, 6.07) is 1.25. The van der Waals surface area contributed by atoms with E-state index in [2.05, 4.69) is 45.6 Å². The summed E-state index contributed by atoms with van der Waals surface area (Å²) < 4.78 is 10.8. The molecule has 0 aliphatic heterocycles. The van der Waals surface area contributed by atoms with E-state index in [1.54, 1.807) is 14.2 Å². The van der Waals surface area contributed by atoms with Gasteiger partial charge in [0.05, 0.1) is 13.2 Å². The van der Waals surface area contributed by atoms with Crippen molar-refractivity contribution in [3.63, 3.8) is 0 Å². The lowest BCUT2D eigenvalue weighted by Crippen LogP contribution is -2.36. The predicted octanol–water partition coefficient (Wildman–Crippen LogP) is 4.21. The molecule has 0 aromatic heterocycles. The van der Waals surface area contributed by atoms with Gasteiger partial charge in [0.15, 0.2) is 0 Å². The molecule has 0 fully saturated rings. The molecule has 18 heavy (non-hydrogen) atoms. The Morgan fingerprint density at radius 2 is 1.50 bits per heavy atom. The van der Waals surface area contributed by atoms with E-state index in [1.807, 2.05) is 0 Å². The Balaban J connectivity index is 4.58. The van der Waals surface area contributed by atoms with Crippen molar-refractivity contribution in [2.24, 2.45) is 11.3 Å². The average Bonchev–Trinajstić information content (AvgIpc) is 2.23. The Morgan fingerprint density at radius 1 is 1.00 bits per heavy atom. The van der Waals surface area contributed by atoms with Crippen molar-refractivity contribution in [1.29, 1.82) is 0 Å². The van der Waals surface area contributed by atoms with Crippen LogP contribution >= 0.6 is 0 Å². The smallest absolute Gasteiger partial charge is 0.0546 e. The van der Waals surface area contributed by atoms with Crippen molar-refractivity contribution < 1.29 is 9.47 Å². The maximum absolute atomic E-state index is 5.41. The molecule has 3 heteroatoms. The number of ether oxygens (including phenoxy) is 2. The molecule has 0 saturated heterocycles. The lowest BCUT2D eigenvalue weighted by molar-refractivity contribution is -0.0184. The molecule has 0 heterocycles. The van der Waals surface area contributed by atoms with Gasteiger partial charge in [-0.05, 0) is 18.4 Å². The molecule has 0 saturated carbocycles. The van der Waals surface area contributed by atoms with E-state index in [-0.39, 0.29) is 5.41 Å². The van der Waals surface area contributed by atoms with E-state index in [9.17, 15) is 0 Å². The summed E-state index contributed by atoms with van der Waals surface area (Å²) in [6.45, 7) is 13.2. The zero-order valence-electron chi connectivity index (χ0n) is 13.4. The topological polar surface area (TPSA) is 18.5 Å². The molecule has 0 atom stereocenters. The highest BCUT2D eigenvalue weighted by molar-refractivity contribution is 6.76. The van der Waals surface area contributed by atoms with Gasteiger partial charge in [-0.15, -0.1) is 0 Å². The Morgan fingerprint density at radius 3 is 1.83 bits per heavy atom. The van der Waals surface area contributed by atoms with Gasteiger partial charge in [0, 0.05) is 27.7 Å². The summed E-state index contributed by atoms with van der Waals surface area (Å²) in [5, 5.41) is 0. The zero-order chi connectivity index (χ0) is 14.2. The fourth-order valence-corrected chi connectivity index (χ4v) is 2.93. The van der Waals surface area contributed by atoms with E-state index in [4.69, 9.17) is 9.47 Å². The van der Waals surface area contributed by atoms with Crippen LogP contribution in [0, 0.1) is 11.3 Å². The van der Waals surface area contributed by atoms with Gasteiger partial charge in [0.2, 0.25) is 0 Å². The molecule has 0 unspecified atom stereocenters. The normalized spacial score (nSPS) is 13.8. The highest BCUT2D eigenvalue weighted by atomic mass is 28.3. The minimum Gasteiger partial charge on any atom is -0.384 e. The zero-order valence-corrected chi connectivity index (χ0v) is 14.4. The lowest BCUT2D eigenvalue weighted by Gasteiger charge is -2.35. The highest BCUT2D eigenvalue weighted by Crippen LogP contribution is 2.33. The van der Waals surface area contributed by atoms with Crippen molar-refractivity contribution in [3.8, 4) is 0 Å². The van der Waals surface area contributed by atoms with Crippen LogP contribution in [0.15, 0.2) is 12.2 Å². The van der Waals surface area contributed by atoms with Crippen LogP contribution < -0.4 is 0 Å². The minimum absolute atomic E-state index is 0.111. The van der Waals surface area contributed by atoms with Crippen LogP contribution in [0.5, 0.6) is 0 Å². The van der Waals surface area contributed by atoms with Crippen molar-refractivity contribution in [3.05, 3.63) is 12.2 Å². The van der Waals surface area contributed by atoms with Crippen LogP contribution in [0.2, 0.25) is 25.7 Å². The molecule has 0 N–H and O–H groups in total. The molecule has 0 aromatic carbocycles. The van der Waals surface area contributed by atoms with Gasteiger partial charge in [-0.3, -0.25) is 0 Å². The first kappa shape index (κ1) is 17.9. The minimum atomic E-state index is -0.967. The molecule has 0 aliphatic carbocycles. The first-order valence-corrected chi connectivity index (χ1v) is 10.6. The quantitative estimate of drug-likeness (QED) is 0.462. The van der Waals surface area contributed by atoms with Crippen LogP contribution in [0.3, 0.4) is 0 Å². The highest BCUT2D eigenvalue weighted by Gasteiger charge is 2.32. The van der Waals surface area contributed by atoms with Crippen LogP contribution in [-0.2, 0) is 9.47 Å². The third-order valence-electron chi connectivity index (χ3n) is 3.51. The summed E-state index contributed by atoms with van der Waals surface area (Å²) in [7, 11) is 2.59. The average molecular weight is 273 g/mol. The Bertz CT molecular complexity index is 235. The summed E-state index contributed by atoms with van der Waals surface area (Å²) >= 11 is 0. The third-order valence-corrected chi connectivity index (χ3v) is 4.97. The first-order valence-electron chi connectivity index (χ1n) is 6.90. The number of hydrogen-bond donors (Lipinski definition) is 0. The second-order valence-corrected chi connectivity index (χ2v) is 12.4. The van der Waals surface area contributed by atoms with Gasteiger partial charge in [-0.2, -0.15) is 0 Å². The number of allylic oxidation sites excluding steroid dienone is 2. The van der Waals surface area contributed by atoms with Gasteiger partial charge in [-0.25, -0.2) is 0 Å². The monoisotopic (exact) mass is 272 g/mol. The summed E-state index contributed by atoms with van der Waals surface area (Å²) in [4.78, 5) is 0. The second-order valence-electron chi connectivity index (χ2n) is 6.82. The molecular weight excluding hydrogens is 240 g/mol. The largest absolute Gasteiger partial charge is 0.384 e. The molecule has 0 aliphatic rings. The fourth-order valence-electron chi connectivity index (χ4n) is 2.06. The molecule has 0 spiro atoms. The Labute approximate surface area is 115 Å². The molecule has 0 rings (SSSR count). The molecule has 0 amide bonds. The van der Waals surface area contributed by atoms with Gasteiger partial charge >= 0.3 is 0 Å². The van der Waals surface area contributed by atoms with Gasteiger partial charge < -0.3 is 9.47 Å². The molecule has 2 nitrogen and oxygen atoms in total. The molecular formula is C15H32O2Si. The summed E-state index contributed by atoms with van der Waals surface area (Å²) in [5.41, 5.74) is 0.111. The maximum atomic E-state index is 5.41. The Hall–Kier alpha value is -0.123. The summed E-state index contributed by atoms with van der Waals surface area (Å²) in [5.74, 6) is 0.550. The molecule has 0 bridgehead atoms. The Kier molecular flexibility index (Phi) is 8.07. The molecule has 108 valence electrons. The molecule has 0 aromatic rings. The first-order chi connectivity index (χ1) is 8.27. The fraction of sp³-hybridized carbons (Fsp3) is 0.867. The van der Waals surface area contributed by atoms with Gasteiger partial charge in [-0.1, -0.05) is 45.6 Å². The van der Waals surface area contributed by atoms with E-state index >= 15 is 0 Å². The molecule has 0 radical (unpaired) electrons. The van der Waals surface area contributed by atoms with Crippen LogP contribution in [0.4, 0.5) is 0 Å². The van der Waals surface area contributed by atoms with E-state index < -0.39 is 8.07 Å². The number of hydrogen-bond acceptors (Lipinski definition) is 2. The van der Waals surface area contributed by atoms with Gasteiger partial charge in [0.25, 0.3) is 0 Å². The van der Waals surface area contributed by atoms with E-state index in [0.29, 0.717) is 5.92 Å². The predicted molar refractivity (Wildman–Crippen MR) is 82.9 cm³/mol. The van der Waals surface area contributed by atoms with Crippen LogP contribution in [0.25, 0.3) is 0 Å². The van der Waals surface area contributed by atoms with Gasteiger partial charge in [0.1, 0.15) is 0 Å². The van der Waals surface area contributed by atoms with Crippen molar-refractivity contribution in [2.45, 2.75) is 46.0 Å². The second kappa shape index (κ2) is 8.13. The van der Waals surface area contributed by atoms with Crippen molar-refractivity contribution in [2.75, 3.05) is 27.4 Å². The van der Waals surface area contributed by atoms with E-state index in [0.717, 1.165) is 19.6 Å². The SMILES string of the molecule is COCC(CC=CC[Si](C)(C)C)(COC)C(C)C.